The van der Waals surface area contributed by atoms with Crippen LogP contribution in [-0.4, -0.2) is 11.1 Å². The van der Waals surface area contributed by atoms with Crippen LogP contribution in [0.3, 0.4) is 0 Å². The molecule has 64 valence electrons. The van der Waals surface area contributed by atoms with Gasteiger partial charge in [0.25, 0.3) is 0 Å². The number of halogens is 2. The summed E-state index contributed by atoms with van der Waals surface area (Å²) in [6, 6.07) is 2.23. The molecule has 0 aliphatic carbocycles. The second-order valence-electron chi connectivity index (χ2n) is 2.07. The molecule has 0 aromatic heterocycles. The fourth-order valence-corrected chi connectivity index (χ4v) is 1.31. The Morgan fingerprint density at radius 3 is 2.42 bits per heavy atom. The van der Waals surface area contributed by atoms with Crippen LogP contribution in [0.2, 0.25) is 10.0 Å². The molecule has 0 bridgehead atoms. The third-order valence-electron chi connectivity index (χ3n) is 1.23. The highest BCUT2D eigenvalue weighted by atomic mass is 35.5. The number of benzene rings is 1. The molecule has 1 aromatic carbocycles. The molecule has 0 saturated carbocycles. The summed E-state index contributed by atoms with van der Waals surface area (Å²) < 4.78 is 0. The van der Waals surface area contributed by atoms with Crippen molar-refractivity contribution >= 4 is 29.2 Å². The first-order valence-electron chi connectivity index (χ1n) is 2.91. The van der Waals surface area contributed by atoms with Crippen molar-refractivity contribution in [2.45, 2.75) is 0 Å². The lowest BCUT2D eigenvalue weighted by Gasteiger charge is -2.11. The number of carbonyl (C=O) groups is 1. The summed E-state index contributed by atoms with van der Waals surface area (Å²) in [6.45, 7) is 0. The molecule has 0 radical (unpaired) electrons. The van der Waals surface area contributed by atoms with Crippen LogP contribution in [0.4, 0.5) is 0 Å². The van der Waals surface area contributed by atoms with Crippen LogP contribution in [0.5, 0.6) is 5.75 Å². The maximum absolute atomic E-state index is 11.0. The number of carboxylic acids is 1. The van der Waals surface area contributed by atoms with Crippen LogP contribution in [0, 0.1) is 0 Å². The molecule has 0 fully saturated rings. The summed E-state index contributed by atoms with van der Waals surface area (Å²) in [5.41, 5.74) is -0.443. The van der Waals surface area contributed by atoms with Gasteiger partial charge in [-0.25, -0.2) is 4.79 Å². The van der Waals surface area contributed by atoms with E-state index in [0.29, 0.717) is 0 Å². The predicted octanol–water partition coefficient (Wildman–Crippen LogP) is 1.77. The van der Waals surface area contributed by atoms with Gasteiger partial charge in [0.15, 0.2) is 0 Å². The van der Waals surface area contributed by atoms with Crippen LogP contribution >= 0.6 is 23.2 Å². The van der Waals surface area contributed by atoms with Crippen molar-refractivity contribution in [2.75, 3.05) is 0 Å². The normalized spacial score (nSPS) is 9.83. The highest BCUT2D eigenvalue weighted by molar-refractivity contribution is 6.37. The van der Waals surface area contributed by atoms with E-state index in [2.05, 4.69) is 0 Å². The van der Waals surface area contributed by atoms with Crippen LogP contribution in [-0.2, 0) is 0 Å². The molecule has 0 aliphatic rings. The second-order valence-corrected chi connectivity index (χ2v) is 2.91. The lowest BCUT2D eigenvalue weighted by molar-refractivity contribution is -0.268. The monoisotopic (exact) mass is 205 g/mol. The molecule has 5 heteroatoms. The molecule has 1 N–H and O–H groups in total. The van der Waals surface area contributed by atoms with Gasteiger partial charge in [0, 0.05) is 5.02 Å². The SMILES string of the molecule is O=C(O)c1c([O-])cc(Cl)cc1Cl. The van der Waals surface area contributed by atoms with Crippen LogP contribution in [0.1, 0.15) is 10.4 Å². The molecule has 0 aliphatic heterocycles. The van der Waals surface area contributed by atoms with Crippen LogP contribution in [0.25, 0.3) is 0 Å². The maximum atomic E-state index is 11.0. The summed E-state index contributed by atoms with van der Waals surface area (Å²) in [5.74, 6) is -2.03. The maximum Gasteiger partial charge on any atom is 0.336 e. The Hall–Kier alpha value is -0.930. The van der Waals surface area contributed by atoms with E-state index in [1.165, 1.54) is 6.07 Å². The summed E-state index contributed by atoms with van der Waals surface area (Å²) >= 11 is 10.9. The number of carboxylic acid groups (broad SMARTS) is 1. The van der Waals surface area contributed by atoms with E-state index in [1.54, 1.807) is 0 Å². The highest BCUT2D eigenvalue weighted by Crippen LogP contribution is 2.27. The molecule has 12 heavy (non-hydrogen) atoms. The van der Waals surface area contributed by atoms with E-state index < -0.39 is 17.3 Å². The van der Waals surface area contributed by atoms with Gasteiger partial charge in [-0.2, -0.15) is 0 Å². The van der Waals surface area contributed by atoms with Gasteiger partial charge in [-0.1, -0.05) is 35.0 Å². The third-order valence-corrected chi connectivity index (χ3v) is 1.75. The van der Waals surface area contributed by atoms with Gasteiger partial charge in [-0.15, -0.1) is 0 Å². The average molecular weight is 206 g/mol. The van der Waals surface area contributed by atoms with Crippen LogP contribution in [0.15, 0.2) is 12.1 Å². The molecular weight excluding hydrogens is 203 g/mol. The third kappa shape index (κ3) is 1.62. The largest absolute Gasteiger partial charge is 0.872 e. The Bertz CT molecular complexity index is 312. The fourth-order valence-electron chi connectivity index (χ4n) is 0.758. The fraction of sp³-hybridized carbons (Fsp3) is 0. The average Bonchev–Trinajstić information content (AvgIpc) is 1.82. The molecular formula is C7H3Cl2O3-. The van der Waals surface area contributed by atoms with Crippen molar-refractivity contribution in [3.63, 3.8) is 0 Å². The number of rotatable bonds is 1. The summed E-state index contributed by atoms with van der Waals surface area (Å²) in [6.07, 6.45) is 0. The zero-order valence-electron chi connectivity index (χ0n) is 5.67. The first kappa shape index (κ1) is 9.16. The van der Waals surface area contributed by atoms with Crippen molar-refractivity contribution in [1.29, 1.82) is 0 Å². The highest BCUT2D eigenvalue weighted by Gasteiger charge is 2.09. The van der Waals surface area contributed by atoms with Crippen molar-refractivity contribution < 1.29 is 15.0 Å². The molecule has 0 amide bonds. The second kappa shape index (κ2) is 3.21. The van der Waals surface area contributed by atoms with E-state index in [1.807, 2.05) is 0 Å². The molecule has 0 unspecified atom stereocenters. The van der Waals surface area contributed by atoms with Gasteiger partial charge in [0.2, 0.25) is 0 Å². The standard InChI is InChI=1S/C7H4Cl2O3/c8-3-1-4(9)6(7(11)12)5(10)2-3/h1-2,10H,(H,11,12)/p-1. The summed E-state index contributed by atoms with van der Waals surface area (Å²) in [7, 11) is 0. The molecule has 0 saturated heterocycles. The van der Waals surface area contributed by atoms with Gasteiger partial charge in [-0.3, -0.25) is 0 Å². The number of hydrogen-bond acceptors (Lipinski definition) is 2. The zero-order valence-corrected chi connectivity index (χ0v) is 7.19. The molecule has 0 spiro atoms. The van der Waals surface area contributed by atoms with Crippen molar-refractivity contribution in [3.05, 3.63) is 27.7 Å². The molecule has 0 heterocycles. The van der Waals surface area contributed by atoms with Gasteiger partial charge >= 0.3 is 5.97 Å². The van der Waals surface area contributed by atoms with Crippen molar-refractivity contribution in [1.82, 2.24) is 0 Å². The quantitative estimate of drug-likeness (QED) is 0.761. The molecule has 3 nitrogen and oxygen atoms in total. The van der Waals surface area contributed by atoms with Gasteiger partial charge in [-0.05, 0) is 6.07 Å². The Labute approximate surface area is 78.2 Å². The predicted molar refractivity (Wildman–Crippen MR) is 42.9 cm³/mol. The van der Waals surface area contributed by atoms with Gasteiger partial charge in [0.1, 0.15) is 0 Å². The molecule has 1 rings (SSSR count). The van der Waals surface area contributed by atoms with E-state index in [-0.39, 0.29) is 10.0 Å². The lowest BCUT2D eigenvalue weighted by Crippen LogP contribution is -2.04. The Morgan fingerprint density at radius 2 is 2.00 bits per heavy atom. The smallest absolute Gasteiger partial charge is 0.336 e. The van der Waals surface area contributed by atoms with E-state index in [0.717, 1.165) is 6.07 Å². The first-order valence-corrected chi connectivity index (χ1v) is 3.67. The Balaban J connectivity index is 3.38. The Morgan fingerprint density at radius 1 is 1.42 bits per heavy atom. The number of aromatic carboxylic acids is 1. The minimum absolute atomic E-state index is 0.134. The lowest BCUT2D eigenvalue weighted by atomic mass is 10.2. The minimum Gasteiger partial charge on any atom is -0.872 e. The Kier molecular flexibility index (Phi) is 2.45. The topological polar surface area (TPSA) is 60.4 Å². The van der Waals surface area contributed by atoms with Crippen molar-refractivity contribution in [3.8, 4) is 5.75 Å². The zero-order chi connectivity index (χ0) is 9.30. The summed E-state index contributed by atoms with van der Waals surface area (Å²) in [4.78, 5) is 10.4. The summed E-state index contributed by atoms with van der Waals surface area (Å²) in [5, 5.41) is 19.5. The van der Waals surface area contributed by atoms with E-state index in [4.69, 9.17) is 28.3 Å². The first-order chi connectivity index (χ1) is 5.52. The minimum atomic E-state index is -1.35. The number of hydrogen-bond donors (Lipinski definition) is 1. The van der Waals surface area contributed by atoms with Gasteiger partial charge in [0.05, 0.1) is 10.6 Å². The van der Waals surface area contributed by atoms with Gasteiger partial charge < -0.3 is 10.2 Å². The molecule has 1 aromatic rings. The van der Waals surface area contributed by atoms with Crippen LogP contribution < -0.4 is 5.11 Å². The van der Waals surface area contributed by atoms with E-state index >= 15 is 0 Å². The van der Waals surface area contributed by atoms with Crippen molar-refractivity contribution in [2.24, 2.45) is 0 Å². The van der Waals surface area contributed by atoms with E-state index in [9.17, 15) is 9.90 Å². The molecule has 0 atom stereocenters.